The van der Waals surface area contributed by atoms with Crippen molar-refractivity contribution in [1.29, 1.82) is 0 Å². The van der Waals surface area contributed by atoms with Gasteiger partial charge in [0, 0.05) is 29.5 Å². The number of aromatic nitrogens is 1. The van der Waals surface area contributed by atoms with E-state index in [0.29, 0.717) is 12.4 Å². The third-order valence-corrected chi connectivity index (χ3v) is 2.56. The molecule has 3 nitrogen and oxygen atoms in total. The van der Waals surface area contributed by atoms with Crippen molar-refractivity contribution in [2.24, 2.45) is 0 Å². The van der Waals surface area contributed by atoms with Gasteiger partial charge in [-0.25, -0.2) is 4.98 Å². The zero-order chi connectivity index (χ0) is 12.1. The lowest BCUT2D eigenvalue weighted by Crippen LogP contribution is -1.99. The number of nitrogens with one attached hydrogen (secondary N) is 1. The Balaban J connectivity index is 2.02. The van der Waals surface area contributed by atoms with Crippen LogP contribution in [0.25, 0.3) is 0 Å². The van der Waals surface area contributed by atoms with E-state index in [9.17, 15) is 0 Å². The zero-order valence-corrected chi connectivity index (χ0v) is 10.2. The van der Waals surface area contributed by atoms with Crippen LogP contribution in [-0.4, -0.2) is 12.1 Å². The second-order valence-electron chi connectivity index (χ2n) is 3.57. The van der Waals surface area contributed by atoms with Gasteiger partial charge in [-0.1, -0.05) is 23.7 Å². The third kappa shape index (κ3) is 3.36. The van der Waals surface area contributed by atoms with Crippen molar-refractivity contribution >= 4 is 17.3 Å². The predicted octanol–water partition coefficient (Wildman–Crippen LogP) is 3.36. The van der Waals surface area contributed by atoms with E-state index < -0.39 is 0 Å². The molecule has 4 heteroatoms. The van der Waals surface area contributed by atoms with E-state index in [1.807, 2.05) is 36.4 Å². The van der Waals surface area contributed by atoms with Gasteiger partial charge in [0.1, 0.15) is 0 Å². The number of anilines is 1. The summed E-state index contributed by atoms with van der Waals surface area (Å²) in [6.07, 6.45) is 1.71. The Morgan fingerprint density at radius 1 is 1.29 bits per heavy atom. The fourth-order valence-corrected chi connectivity index (χ4v) is 1.69. The third-order valence-electron chi connectivity index (χ3n) is 2.33. The molecule has 88 valence electrons. The molecule has 2 aromatic rings. The minimum atomic E-state index is 0.598. The first-order chi connectivity index (χ1) is 8.28. The van der Waals surface area contributed by atoms with E-state index in [4.69, 9.17) is 16.3 Å². The average Bonchev–Trinajstić information content (AvgIpc) is 2.37. The maximum atomic E-state index is 5.92. The molecule has 0 aliphatic carbocycles. The smallest absolute Gasteiger partial charge is 0.214 e. The van der Waals surface area contributed by atoms with Gasteiger partial charge in [0.15, 0.2) is 0 Å². The summed E-state index contributed by atoms with van der Waals surface area (Å²) in [5.41, 5.74) is 2.10. The molecule has 0 unspecified atom stereocenters. The molecule has 0 spiro atoms. The van der Waals surface area contributed by atoms with Crippen LogP contribution >= 0.6 is 11.6 Å². The van der Waals surface area contributed by atoms with Crippen LogP contribution in [0.1, 0.15) is 5.56 Å². The fourth-order valence-electron chi connectivity index (χ4n) is 1.48. The van der Waals surface area contributed by atoms with Crippen molar-refractivity contribution in [3.63, 3.8) is 0 Å². The number of pyridine rings is 1. The number of hydrogen-bond donors (Lipinski definition) is 1. The molecule has 1 aromatic heterocycles. The Hall–Kier alpha value is -1.74. The molecule has 0 aliphatic rings. The summed E-state index contributed by atoms with van der Waals surface area (Å²) in [6.45, 7) is 0.716. The Morgan fingerprint density at radius 2 is 2.18 bits per heavy atom. The van der Waals surface area contributed by atoms with Crippen molar-refractivity contribution < 1.29 is 4.74 Å². The summed E-state index contributed by atoms with van der Waals surface area (Å²) in [7, 11) is 1.60. The standard InChI is InChI=1S/C13H13ClN2O/c1-17-13-8-12(5-6-15-13)16-9-10-3-2-4-11(14)7-10/h2-8H,9H2,1H3,(H,15,16). The van der Waals surface area contributed by atoms with Crippen molar-refractivity contribution in [3.8, 4) is 5.88 Å². The number of benzene rings is 1. The molecular formula is C13H13ClN2O. The van der Waals surface area contributed by atoms with Crippen molar-refractivity contribution in [3.05, 3.63) is 53.2 Å². The van der Waals surface area contributed by atoms with Crippen molar-refractivity contribution in [2.75, 3.05) is 12.4 Å². The molecular weight excluding hydrogens is 236 g/mol. The first-order valence-corrected chi connectivity index (χ1v) is 5.64. The quantitative estimate of drug-likeness (QED) is 0.901. The van der Waals surface area contributed by atoms with E-state index in [0.717, 1.165) is 16.3 Å². The Morgan fingerprint density at radius 3 is 2.94 bits per heavy atom. The van der Waals surface area contributed by atoms with Gasteiger partial charge in [0.25, 0.3) is 0 Å². The minimum Gasteiger partial charge on any atom is -0.481 e. The van der Waals surface area contributed by atoms with Crippen LogP contribution in [0.2, 0.25) is 5.02 Å². The molecule has 0 amide bonds. The van der Waals surface area contributed by atoms with E-state index in [2.05, 4.69) is 10.3 Å². The Labute approximate surface area is 105 Å². The number of hydrogen-bond acceptors (Lipinski definition) is 3. The van der Waals surface area contributed by atoms with Crippen LogP contribution < -0.4 is 10.1 Å². The monoisotopic (exact) mass is 248 g/mol. The van der Waals surface area contributed by atoms with Crippen molar-refractivity contribution in [2.45, 2.75) is 6.54 Å². The lowest BCUT2D eigenvalue weighted by molar-refractivity contribution is 0.398. The van der Waals surface area contributed by atoms with Gasteiger partial charge in [0.05, 0.1) is 7.11 Å². The van der Waals surface area contributed by atoms with Crippen LogP contribution in [-0.2, 0) is 6.54 Å². The van der Waals surface area contributed by atoms with Crippen LogP contribution in [0.15, 0.2) is 42.6 Å². The molecule has 0 atom stereocenters. The molecule has 0 saturated carbocycles. The normalized spacial score (nSPS) is 10.0. The van der Waals surface area contributed by atoms with Gasteiger partial charge < -0.3 is 10.1 Å². The lowest BCUT2D eigenvalue weighted by Gasteiger charge is -2.07. The Bertz CT molecular complexity index is 502. The second-order valence-corrected chi connectivity index (χ2v) is 4.01. The van der Waals surface area contributed by atoms with Gasteiger partial charge in [-0.05, 0) is 23.8 Å². The molecule has 1 aromatic carbocycles. The fraction of sp³-hybridized carbons (Fsp3) is 0.154. The summed E-state index contributed by atoms with van der Waals surface area (Å²) >= 11 is 5.92. The highest BCUT2D eigenvalue weighted by Gasteiger charge is 1.97. The molecule has 0 saturated heterocycles. The highest BCUT2D eigenvalue weighted by atomic mass is 35.5. The highest BCUT2D eigenvalue weighted by Crippen LogP contribution is 2.16. The number of halogens is 1. The van der Waals surface area contributed by atoms with Crippen LogP contribution in [0.4, 0.5) is 5.69 Å². The van der Waals surface area contributed by atoms with Gasteiger partial charge >= 0.3 is 0 Å². The SMILES string of the molecule is COc1cc(NCc2cccc(Cl)c2)ccn1. The number of ether oxygens (including phenoxy) is 1. The molecule has 17 heavy (non-hydrogen) atoms. The van der Waals surface area contributed by atoms with Crippen LogP contribution in [0.3, 0.4) is 0 Å². The number of methoxy groups -OCH3 is 1. The number of rotatable bonds is 4. The van der Waals surface area contributed by atoms with E-state index in [-0.39, 0.29) is 0 Å². The Kier molecular flexibility index (Phi) is 3.83. The first-order valence-electron chi connectivity index (χ1n) is 5.26. The second kappa shape index (κ2) is 5.55. The number of nitrogens with zero attached hydrogens (tertiary/aromatic N) is 1. The molecule has 0 radical (unpaired) electrons. The summed E-state index contributed by atoms with van der Waals surface area (Å²) in [5, 5.41) is 4.03. The lowest BCUT2D eigenvalue weighted by atomic mass is 10.2. The first kappa shape index (κ1) is 11.7. The highest BCUT2D eigenvalue weighted by molar-refractivity contribution is 6.30. The van der Waals surface area contributed by atoms with Crippen LogP contribution in [0.5, 0.6) is 5.88 Å². The molecule has 0 aliphatic heterocycles. The summed E-state index contributed by atoms with van der Waals surface area (Å²) in [6, 6.07) is 11.5. The average molecular weight is 249 g/mol. The van der Waals surface area contributed by atoms with E-state index >= 15 is 0 Å². The van der Waals surface area contributed by atoms with Gasteiger partial charge in [0.2, 0.25) is 5.88 Å². The van der Waals surface area contributed by atoms with Crippen molar-refractivity contribution in [1.82, 2.24) is 4.98 Å². The van der Waals surface area contributed by atoms with Gasteiger partial charge in [-0.3, -0.25) is 0 Å². The molecule has 1 heterocycles. The van der Waals surface area contributed by atoms with Gasteiger partial charge in [-0.15, -0.1) is 0 Å². The zero-order valence-electron chi connectivity index (χ0n) is 9.48. The molecule has 2 rings (SSSR count). The minimum absolute atomic E-state index is 0.598. The van der Waals surface area contributed by atoms with E-state index in [1.54, 1.807) is 13.3 Å². The topological polar surface area (TPSA) is 34.1 Å². The van der Waals surface area contributed by atoms with Gasteiger partial charge in [-0.2, -0.15) is 0 Å². The summed E-state index contributed by atoms with van der Waals surface area (Å²) < 4.78 is 5.05. The van der Waals surface area contributed by atoms with Crippen LogP contribution in [0, 0.1) is 0 Å². The predicted molar refractivity (Wildman–Crippen MR) is 69.6 cm³/mol. The summed E-state index contributed by atoms with van der Waals surface area (Å²) in [4.78, 5) is 4.04. The maximum absolute atomic E-state index is 5.92. The molecule has 0 fully saturated rings. The molecule has 1 N–H and O–H groups in total. The maximum Gasteiger partial charge on any atom is 0.214 e. The van der Waals surface area contributed by atoms with E-state index in [1.165, 1.54) is 0 Å². The summed E-state index contributed by atoms with van der Waals surface area (Å²) in [5.74, 6) is 0.598. The largest absolute Gasteiger partial charge is 0.481 e. The molecule has 0 bridgehead atoms.